The number of rotatable bonds is 12. The minimum Gasteiger partial charge on any atom is -0.606 e. The quantitative estimate of drug-likeness (QED) is 0.126. The van der Waals surface area contributed by atoms with E-state index < -0.39 is 7.26 Å². The Labute approximate surface area is 200 Å². The first-order valence-corrected chi connectivity index (χ1v) is 16.4. The van der Waals surface area contributed by atoms with E-state index in [1.807, 2.05) is 12.2 Å². The molecule has 0 amide bonds. The minimum atomic E-state index is -1.24. The van der Waals surface area contributed by atoms with Crippen LogP contribution in [0.25, 0.3) is 0 Å². The average molecular weight is 463 g/mol. The van der Waals surface area contributed by atoms with Gasteiger partial charge in [-0.15, -0.1) is 6.58 Å². The molecule has 3 saturated carbocycles. The van der Waals surface area contributed by atoms with E-state index >= 15 is 0 Å². The van der Waals surface area contributed by atoms with Gasteiger partial charge in [-0.3, -0.25) is 0 Å². The van der Waals surface area contributed by atoms with Gasteiger partial charge in [-0.05, 0) is 89.5 Å². The fraction of sp³-hybridized carbons (Fsp3) is 0.862. The first kappa shape index (κ1) is 26.1. The van der Waals surface area contributed by atoms with Crippen molar-refractivity contribution in [2.24, 2.45) is 0 Å². The fourth-order valence-corrected chi connectivity index (χ4v) is 14.4. The van der Waals surface area contributed by atoms with E-state index in [1.165, 1.54) is 109 Å². The SMILES string of the molecule is C=CC(CCCCC)O/C([O-])=C/C[P+](C1CCCCC1)(C1CCCCC1)C1CCCCC1. The standard InChI is InChI=1S/C29H51O2P/c1-3-5-9-16-25(4-2)31-29(30)23-24-32(26-17-10-6-11-18-26,27-19-12-7-13-20-27)28-21-14-8-15-22-28/h4,23,25-28H,2-3,5-22,24H2,1H3/b29-23+. The second kappa shape index (κ2) is 14.0. The molecule has 184 valence electrons. The van der Waals surface area contributed by atoms with Gasteiger partial charge in [0.2, 0.25) is 0 Å². The van der Waals surface area contributed by atoms with Crippen LogP contribution in [0.2, 0.25) is 0 Å². The van der Waals surface area contributed by atoms with Gasteiger partial charge in [0.25, 0.3) is 0 Å². The van der Waals surface area contributed by atoms with Gasteiger partial charge >= 0.3 is 0 Å². The van der Waals surface area contributed by atoms with Crippen molar-refractivity contribution in [2.45, 2.75) is 152 Å². The minimum absolute atomic E-state index is 0.0572. The van der Waals surface area contributed by atoms with Crippen molar-refractivity contribution in [1.82, 2.24) is 0 Å². The molecule has 0 aromatic heterocycles. The van der Waals surface area contributed by atoms with Crippen LogP contribution in [0.3, 0.4) is 0 Å². The molecule has 3 fully saturated rings. The predicted octanol–water partition coefficient (Wildman–Crippen LogP) is 8.36. The zero-order valence-corrected chi connectivity index (χ0v) is 22.0. The fourth-order valence-electron chi connectivity index (χ4n) is 7.28. The van der Waals surface area contributed by atoms with Gasteiger partial charge in [-0.2, -0.15) is 0 Å². The third kappa shape index (κ3) is 7.01. The summed E-state index contributed by atoms with van der Waals surface area (Å²) in [5.41, 5.74) is 2.77. The van der Waals surface area contributed by atoms with Crippen LogP contribution in [0, 0.1) is 0 Å². The molecule has 0 heterocycles. The van der Waals surface area contributed by atoms with E-state index in [2.05, 4.69) is 13.5 Å². The molecule has 2 nitrogen and oxygen atoms in total. The number of allylic oxidation sites excluding steroid dienone is 1. The van der Waals surface area contributed by atoms with Crippen molar-refractivity contribution < 1.29 is 9.84 Å². The Morgan fingerprint density at radius 1 is 0.844 bits per heavy atom. The summed E-state index contributed by atoms with van der Waals surface area (Å²) >= 11 is 0. The molecule has 32 heavy (non-hydrogen) atoms. The first-order chi connectivity index (χ1) is 15.7. The number of hydrogen-bond acceptors (Lipinski definition) is 2. The number of unbranched alkanes of at least 4 members (excludes halogenated alkanes) is 2. The van der Waals surface area contributed by atoms with Crippen LogP contribution in [0.15, 0.2) is 24.7 Å². The van der Waals surface area contributed by atoms with E-state index in [0.717, 1.165) is 36.0 Å². The summed E-state index contributed by atoms with van der Waals surface area (Å²) in [5, 5.41) is 13.0. The zero-order chi connectivity index (χ0) is 22.7. The lowest BCUT2D eigenvalue weighted by Gasteiger charge is -2.48. The van der Waals surface area contributed by atoms with Gasteiger partial charge in [0.15, 0.2) is 0 Å². The maximum atomic E-state index is 13.0. The maximum absolute atomic E-state index is 13.0. The largest absolute Gasteiger partial charge is 0.606 e. The van der Waals surface area contributed by atoms with Gasteiger partial charge in [-0.1, -0.05) is 51.5 Å². The van der Waals surface area contributed by atoms with Crippen molar-refractivity contribution in [1.29, 1.82) is 0 Å². The molecule has 0 radical (unpaired) electrons. The molecule has 0 aliphatic heterocycles. The molecular weight excluding hydrogens is 411 g/mol. The summed E-state index contributed by atoms with van der Waals surface area (Å²) in [5.74, 6) is -0.0572. The van der Waals surface area contributed by atoms with Gasteiger partial charge in [0.1, 0.15) is 0 Å². The Bertz CT molecular complexity index is 508. The van der Waals surface area contributed by atoms with E-state index in [9.17, 15) is 5.11 Å². The van der Waals surface area contributed by atoms with Crippen molar-refractivity contribution in [3.05, 3.63) is 24.7 Å². The first-order valence-electron chi connectivity index (χ1n) is 14.2. The number of ether oxygens (including phenoxy) is 1. The molecule has 0 aromatic rings. The molecule has 0 spiro atoms. The lowest BCUT2D eigenvalue weighted by molar-refractivity contribution is -0.361. The number of hydrogen-bond donors (Lipinski definition) is 0. The topological polar surface area (TPSA) is 32.3 Å². The normalized spacial score (nSPS) is 23.7. The van der Waals surface area contributed by atoms with Crippen LogP contribution in [-0.4, -0.2) is 29.2 Å². The van der Waals surface area contributed by atoms with Gasteiger partial charge < -0.3 is 9.84 Å². The monoisotopic (exact) mass is 462 g/mol. The summed E-state index contributed by atoms with van der Waals surface area (Å²) < 4.78 is 5.91. The zero-order valence-electron chi connectivity index (χ0n) is 21.1. The van der Waals surface area contributed by atoms with Crippen molar-refractivity contribution in [3.63, 3.8) is 0 Å². The van der Waals surface area contributed by atoms with Crippen molar-refractivity contribution in [2.75, 3.05) is 6.16 Å². The highest BCUT2D eigenvalue weighted by Crippen LogP contribution is 2.77. The van der Waals surface area contributed by atoms with Crippen LogP contribution >= 0.6 is 7.26 Å². The Balaban J connectivity index is 1.81. The Hall–Kier alpha value is -0.490. The molecule has 0 N–H and O–H groups in total. The molecular formula is C29H51O2P. The van der Waals surface area contributed by atoms with Crippen LogP contribution in [0.1, 0.15) is 129 Å². The highest BCUT2D eigenvalue weighted by atomic mass is 31.2. The van der Waals surface area contributed by atoms with Gasteiger partial charge in [0.05, 0.1) is 29.1 Å². The van der Waals surface area contributed by atoms with Gasteiger partial charge in [0, 0.05) is 13.4 Å². The highest BCUT2D eigenvalue weighted by molar-refractivity contribution is 7.78. The van der Waals surface area contributed by atoms with E-state index in [4.69, 9.17) is 4.74 Å². The van der Waals surface area contributed by atoms with E-state index in [-0.39, 0.29) is 12.0 Å². The third-order valence-corrected chi connectivity index (χ3v) is 15.4. The Morgan fingerprint density at radius 2 is 1.31 bits per heavy atom. The van der Waals surface area contributed by atoms with E-state index in [0.29, 0.717) is 0 Å². The molecule has 3 aliphatic rings. The van der Waals surface area contributed by atoms with Crippen LogP contribution in [0.4, 0.5) is 0 Å². The van der Waals surface area contributed by atoms with Gasteiger partial charge in [-0.25, -0.2) is 0 Å². The smallest absolute Gasteiger partial charge is 0.0801 e. The van der Waals surface area contributed by atoms with Crippen molar-refractivity contribution >= 4 is 7.26 Å². The van der Waals surface area contributed by atoms with Crippen LogP contribution < -0.4 is 5.11 Å². The summed E-state index contributed by atoms with van der Waals surface area (Å²) in [6, 6.07) is 0. The van der Waals surface area contributed by atoms with Crippen molar-refractivity contribution in [3.8, 4) is 0 Å². The summed E-state index contributed by atoms with van der Waals surface area (Å²) in [4.78, 5) is 0. The lowest BCUT2D eigenvalue weighted by atomic mass is 9.99. The highest BCUT2D eigenvalue weighted by Gasteiger charge is 2.56. The lowest BCUT2D eigenvalue weighted by Crippen LogP contribution is -2.37. The summed E-state index contributed by atoms with van der Waals surface area (Å²) in [7, 11) is -1.24. The third-order valence-electron chi connectivity index (χ3n) is 8.96. The Morgan fingerprint density at radius 3 is 1.72 bits per heavy atom. The van der Waals surface area contributed by atoms with E-state index in [1.54, 1.807) is 0 Å². The molecule has 1 atom stereocenters. The second-order valence-electron chi connectivity index (χ2n) is 11.0. The molecule has 0 bridgehead atoms. The maximum Gasteiger partial charge on any atom is 0.0801 e. The molecule has 3 heteroatoms. The molecule has 0 aromatic carbocycles. The van der Waals surface area contributed by atoms with Crippen LogP contribution in [0.5, 0.6) is 0 Å². The second-order valence-corrected chi connectivity index (χ2v) is 15.5. The molecule has 0 saturated heterocycles. The Kier molecular flexibility index (Phi) is 11.5. The summed E-state index contributed by atoms with van der Waals surface area (Å²) in [6.45, 7) is 6.15. The molecule has 3 rings (SSSR count). The molecule has 1 unspecified atom stereocenters. The molecule has 3 aliphatic carbocycles. The van der Waals surface area contributed by atoms with Crippen LogP contribution in [-0.2, 0) is 4.74 Å². The predicted molar refractivity (Wildman–Crippen MR) is 140 cm³/mol. The summed E-state index contributed by atoms with van der Waals surface area (Å²) in [6.07, 6.45) is 30.7. The average Bonchev–Trinajstić information content (AvgIpc) is 2.86.